The zero-order chi connectivity index (χ0) is 25.4. The number of hydrogen-bond acceptors (Lipinski definition) is 6. The molecule has 2 aromatic carbocycles. The minimum Gasteiger partial charge on any atom is -0.434 e. The van der Waals surface area contributed by atoms with Crippen LogP contribution in [0.3, 0.4) is 0 Å². The molecule has 36 heavy (non-hydrogen) atoms. The van der Waals surface area contributed by atoms with Crippen molar-refractivity contribution in [1.29, 1.82) is 0 Å². The maximum Gasteiger partial charge on any atom is 0.387 e. The Morgan fingerprint density at radius 2 is 1.94 bits per heavy atom. The smallest absolute Gasteiger partial charge is 0.387 e. The molecule has 0 saturated carbocycles. The van der Waals surface area contributed by atoms with E-state index in [0.29, 0.717) is 40.2 Å². The number of fused-ring (bicyclic) bond motifs is 9. The normalized spacial score (nSPS) is 18.7. The Hall–Kier alpha value is -3.99. The van der Waals surface area contributed by atoms with Crippen LogP contribution in [-0.4, -0.2) is 32.0 Å². The van der Waals surface area contributed by atoms with Gasteiger partial charge in [0.2, 0.25) is 0 Å². The summed E-state index contributed by atoms with van der Waals surface area (Å²) in [5, 5.41) is 2.91. The lowest BCUT2D eigenvalue weighted by molar-refractivity contribution is -0.0507. The van der Waals surface area contributed by atoms with Gasteiger partial charge in [-0.15, -0.1) is 0 Å². The topological polar surface area (TPSA) is 108 Å². The molecule has 2 aliphatic rings. The van der Waals surface area contributed by atoms with Gasteiger partial charge in [0.1, 0.15) is 23.2 Å². The van der Waals surface area contributed by atoms with Crippen molar-refractivity contribution < 1.29 is 22.7 Å². The van der Waals surface area contributed by atoms with Gasteiger partial charge in [0.15, 0.2) is 0 Å². The molecule has 184 valence electrons. The van der Waals surface area contributed by atoms with Crippen LogP contribution < -0.4 is 15.8 Å². The first-order valence-electron chi connectivity index (χ1n) is 11.3. The van der Waals surface area contributed by atoms with E-state index in [4.69, 9.17) is 10.5 Å². The van der Waals surface area contributed by atoms with Crippen LogP contribution in [0.2, 0.25) is 0 Å². The number of ether oxygens (including phenoxy) is 1. The summed E-state index contributed by atoms with van der Waals surface area (Å²) in [6, 6.07) is 6.46. The van der Waals surface area contributed by atoms with Crippen molar-refractivity contribution in [2.75, 3.05) is 0 Å². The van der Waals surface area contributed by atoms with Crippen LogP contribution >= 0.6 is 0 Å². The third-order valence-corrected chi connectivity index (χ3v) is 6.59. The van der Waals surface area contributed by atoms with Gasteiger partial charge in [-0.1, -0.05) is 6.07 Å². The van der Waals surface area contributed by atoms with Crippen molar-refractivity contribution in [3.05, 3.63) is 71.3 Å². The average Bonchev–Trinajstić information content (AvgIpc) is 3.29. The molecular formula is C25H21F3N6O2. The number of hydrogen-bond donors (Lipinski definition) is 2. The molecule has 4 aromatic rings. The Labute approximate surface area is 203 Å². The fraction of sp³-hybridized carbons (Fsp3) is 0.280. The van der Waals surface area contributed by atoms with Crippen LogP contribution in [0.4, 0.5) is 13.2 Å². The van der Waals surface area contributed by atoms with E-state index in [1.54, 1.807) is 26.0 Å². The first-order chi connectivity index (χ1) is 17.1. The molecule has 0 spiro atoms. The first-order valence-corrected chi connectivity index (χ1v) is 11.3. The van der Waals surface area contributed by atoms with Gasteiger partial charge in [-0.25, -0.2) is 19.3 Å². The first kappa shape index (κ1) is 22.5. The third kappa shape index (κ3) is 3.41. The lowest BCUT2D eigenvalue weighted by atomic mass is 9.97. The van der Waals surface area contributed by atoms with Crippen LogP contribution in [0.15, 0.2) is 42.7 Å². The van der Waals surface area contributed by atoms with Crippen LogP contribution in [0.25, 0.3) is 22.2 Å². The van der Waals surface area contributed by atoms with Crippen molar-refractivity contribution in [3.63, 3.8) is 0 Å². The molecule has 2 aromatic heterocycles. The van der Waals surface area contributed by atoms with Gasteiger partial charge in [-0.05, 0) is 38.5 Å². The number of carbonyl (C=O) groups is 1. The van der Waals surface area contributed by atoms with E-state index in [1.807, 2.05) is 4.57 Å². The van der Waals surface area contributed by atoms with Gasteiger partial charge in [0.25, 0.3) is 5.91 Å². The lowest BCUT2D eigenvalue weighted by Crippen LogP contribution is -2.31. The van der Waals surface area contributed by atoms with Crippen molar-refractivity contribution >= 4 is 16.9 Å². The molecule has 6 rings (SSSR count). The van der Waals surface area contributed by atoms with E-state index in [2.05, 4.69) is 20.3 Å². The van der Waals surface area contributed by atoms with Gasteiger partial charge in [-0.2, -0.15) is 8.78 Å². The second-order valence-corrected chi connectivity index (χ2v) is 9.55. The quantitative estimate of drug-likeness (QED) is 0.440. The third-order valence-electron chi connectivity index (χ3n) is 6.59. The zero-order valence-corrected chi connectivity index (χ0v) is 19.3. The molecular weight excluding hydrogens is 473 g/mol. The van der Waals surface area contributed by atoms with Gasteiger partial charge in [0.05, 0.1) is 28.7 Å². The summed E-state index contributed by atoms with van der Waals surface area (Å²) in [5.41, 5.74) is 7.58. The largest absolute Gasteiger partial charge is 0.434 e. The highest BCUT2D eigenvalue weighted by Crippen LogP contribution is 2.47. The highest BCUT2D eigenvalue weighted by atomic mass is 19.3. The number of rotatable bonds is 4. The maximum atomic E-state index is 15.2. The van der Waals surface area contributed by atoms with Gasteiger partial charge in [-0.3, -0.25) is 4.79 Å². The number of nitrogens with zero attached hydrogens (tertiary/aromatic N) is 4. The summed E-state index contributed by atoms with van der Waals surface area (Å²) >= 11 is 0. The number of halogens is 3. The summed E-state index contributed by atoms with van der Waals surface area (Å²) in [4.78, 5) is 26.0. The Bertz CT molecular complexity index is 1530. The van der Waals surface area contributed by atoms with E-state index in [9.17, 15) is 13.6 Å². The number of aromatic nitrogens is 4. The SMILES string of the molecule is CC(C)(N)c1ncc(-c2cc3c(cc2F)nc2n3[C@@H]3C[C@H]2NC(=O)c2cccc(OC(F)F)c23)cn1. The van der Waals surface area contributed by atoms with Gasteiger partial charge >= 0.3 is 6.61 Å². The number of nitrogens with two attached hydrogens (primary N) is 1. The van der Waals surface area contributed by atoms with Crippen molar-refractivity contribution in [1.82, 2.24) is 24.8 Å². The highest BCUT2D eigenvalue weighted by molar-refractivity contribution is 5.98. The lowest BCUT2D eigenvalue weighted by Gasteiger charge is -2.21. The predicted octanol–water partition coefficient (Wildman–Crippen LogP) is 4.21. The van der Waals surface area contributed by atoms with E-state index in [-0.39, 0.29) is 16.9 Å². The number of imidazole rings is 1. The molecule has 8 nitrogen and oxygen atoms in total. The molecule has 0 saturated heterocycles. The molecule has 11 heteroatoms. The summed E-state index contributed by atoms with van der Waals surface area (Å²) in [6.45, 7) is 0.488. The maximum absolute atomic E-state index is 15.2. The van der Waals surface area contributed by atoms with Crippen molar-refractivity contribution in [3.8, 4) is 16.9 Å². The Morgan fingerprint density at radius 1 is 1.19 bits per heavy atom. The molecule has 2 bridgehead atoms. The fourth-order valence-corrected chi connectivity index (χ4v) is 5.05. The van der Waals surface area contributed by atoms with Crippen LogP contribution in [0.1, 0.15) is 59.9 Å². The summed E-state index contributed by atoms with van der Waals surface area (Å²) < 4.78 is 48.2. The highest BCUT2D eigenvalue weighted by Gasteiger charge is 2.42. The standard InChI is InChI=1S/C25H21F3N6O2/c1-25(2,29)23-30-9-11(10-31-23)13-6-17-15(7-14(13)26)32-21-16-8-18(34(17)21)20-12(22(35)33-16)4-3-5-19(20)36-24(27)28/h3-7,9-10,16,18,24H,8,29H2,1-2H3,(H,33,35)/t16-,18-/m1/s1. The molecule has 0 unspecified atom stereocenters. The number of benzene rings is 2. The van der Waals surface area contributed by atoms with E-state index in [0.717, 1.165) is 0 Å². The molecule has 0 radical (unpaired) electrons. The molecule has 4 heterocycles. The number of alkyl halides is 2. The second-order valence-electron chi connectivity index (χ2n) is 9.55. The van der Waals surface area contributed by atoms with Crippen molar-refractivity contribution in [2.24, 2.45) is 5.73 Å². The summed E-state index contributed by atoms with van der Waals surface area (Å²) in [5.74, 6) is -0.0521. The van der Waals surface area contributed by atoms with Crippen LogP contribution in [0.5, 0.6) is 5.75 Å². The van der Waals surface area contributed by atoms with E-state index >= 15 is 4.39 Å². The molecule has 0 aliphatic carbocycles. The Morgan fingerprint density at radius 3 is 2.64 bits per heavy atom. The monoisotopic (exact) mass is 494 g/mol. The minimum atomic E-state index is -3.05. The van der Waals surface area contributed by atoms with Gasteiger partial charge < -0.3 is 20.4 Å². The van der Waals surface area contributed by atoms with E-state index < -0.39 is 36.0 Å². The molecule has 1 amide bonds. The minimum absolute atomic E-state index is 0.0753. The second kappa shape index (κ2) is 7.76. The van der Waals surface area contributed by atoms with E-state index in [1.165, 1.54) is 30.6 Å². The summed E-state index contributed by atoms with van der Waals surface area (Å²) in [6.07, 6.45) is 3.42. The predicted molar refractivity (Wildman–Crippen MR) is 124 cm³/mol. The fourth-order valence-electron chi connectivity index (χ4n) is 5.05. The number of nitrogens with one attached hydrogen (secondary N) is 1. The van der Waals surface area contributed by atoms with Crippen LogP contribution in [-0.2, 0) is 5.54 Å². The Kier molecular flexibility index (Phi) is 4.84. The zero-order valence-electron chi connectivity index (χ0n) is 19.3. The number of carbonyl (C=O) groups excluding carboxylic acids is 1. The molecule has 3 N–H and O–H groups in total. The average molecular weight is 494 g/mol. The van der Waals surface area contributed by atoms with Crippen molar-refractivity contribution in [2.45, 2.75) is 44.5 Å². The number of amides is 1. The summed E-state index contributed by atoms with van der Waals surface area (Å²) in [7, 11) is 0. The molecule has 2 aliphatic heterocycles. The van der Waals surface area contributed by atoms with Gasteiger partial charge in [0, 0.05) is 40.7 Å². The molecule has 0 fully saturated rings. The molecule has 2 atom stereocenters. The van der Waals surface area contributed by atoms with Crippen LogP contribution in [0, 0.1) is 5.82 Å². The Balaban J connectivity index is 1.53.